The minimum absolute atomic E-state index is 0.0175. The van der Waals surface area contributed by atoms with Gasteiger partial charge in [-0.05, 0) is 148 Å². The Morgan fingerprint density at radius 2 is 1.58 bits per heavy atom. The maximum Gasteiger partial charge on any atom is 0.410 e. The van der Waals surface area contributed by atoms with Crippen LogP contribution in [0.3, 0.4) is 0 Å². The summed E-state index contributed by atoms with van der Waals surface area (Å²) in [5, 5.41) is 11.0. The Bertz CT molecular complexity index is 1840. The van der Waals surface area contributed by atoms with Crippen molar-refractivity contribution >= 4 is 11.9 Å². The number of allylic oxidation sites excluding steroid dienone is 2. The average Bonchev–Trinajstić information content (AvgIpc) is 3.59. The first kappa shape index (κ1) is 34.1. The molecule has 3 aromatic rings. The lowest BCUT2D eigenvalue weighted by Gasteiger charge is -2.57. The van der Waals surface area contributed by atoms with E-state index >= 15 is 0 Å². The van der Waals surface area contributed by atoms with E-state index < -0.39 is 11.7 Å². The molecule has 52 heavy (non-hydrogen) atoms. The topological polar surface area (TPSA) is 66.8 Å². The van der Waals surface area contributed by atoms with Crippen molar-refractivity contribution in [3.8, 4) is 11.1 Å². The second kappa shape index (κ2) is 13.0. The zero-order valence-corrected chi connectivity index (χ0v) is 31.1. The summed E-state index contributed by atoms with van der Waals surface area (Å²) in [6.45, 7) is 6.04. The summed E-state index contributed by atoms with van der Waals surface area (Å²) in [6, 6.07) is 24.6. The molecule has 11 rings (SSSR count). The third-order valence-electron chi connectivity index (χ3n) is 14.8. The third-order valence-corrected chi connectivity index (χ3v) is 14.8. The van der Waals surface area contributed by atoms with Gasteiger partial charge in [0.05, 0.1) is 12.6 Å². The Hall–Kier alpha value is -3.70. The van der Waals surface area contributed by atoms with Crippen LogP contribution in [0.5, 0.6) is 0 Å². The highest BCUT2D eigenvalue weighted by molar-refractivity contribution is 6.10. The molecule has 5 nitrogen and oxygen atoms in total. The van der Waals surface area contributed by atoms with Crippen LogP contribution in [0, 0.1) is 28.6 Å². The van der Waals surface area contributed by atoms with Crippen LogP contribution in [0.4, 0.5) is 4.79 Å². The first-order valence-corrected chi connectivity index (χ1v) is 20.3. The number of rotatable bonds is 5. The van der Waals surface area contributed by atoms with E-state index in [0.29, 0.717) is 24.9 Å². The summed E-state index contributed by atoms with van der Waals surface area (Å²) in [6.07, 6.45) is 15.3. The number of aliphatic hydroxyl groups is 1. The van der Waals surface area contributed by atoms with Crippen LogP contribution in [0.2, 0.25) is 0 Å². The number of carbonyl (C=O) groups excluding carboxylic acids is 2. The predicted octanol–water partition coefficient (Wildman–Crippen LogP) is 10.3. The standard InChI is InChI=1S/C47H55NO4/c1-31-7-6-19-45(2)42(18-20-47(45)30-48(44(51)52-47)29-46-26-33-21-34(27-46)23-35(22-33)28-46)40-17-11-32(24-39(49)16-10-31)25-41(40)43(50)38-14-12-37(13-15-38)36-8-4-3-5-9-36/h3-5,7-9,11-15,17,25,33-35,39,42,49H,6,10,16,18-24,26-30H2,1-2H3/t33?,34?,35?,39-,42-,45-,46?,47+/m0/s1. The molecule has 5 heteroatoms. The summed E-state index contributed by atoms with van der Waals surface area (Å²) >= 11 is 0. The molecule has 1 saturated heterocycles. The van der Waals surface area contributed by atoms with Gasteiger partial charge in [-0.3, -0.25) is 4.79 Å². The summed E-state index contributed by atoms with van der Waals surface area (Å²) in [7, 11) is 0. The zero-order valence-electron chi connectivity index (χ0n) is 31.1. The number of aliphatic hydroxyl groups excluding tert-OH is 1. The Kier molecular flexibility index (Phi) is 8.53. The quantitative estimate of drug-likeness (QED) is 0.213. The van der Waals surface area contributed by atoms with E-state index in [4.69, 9.17) is 4.74 Å². The van der Waals surface area contributed by atoms with Crippen LogP contribution in [0.25, 0.3) is 11.1 Å². The van der Waals surface area contributed by atoms with Crippen molar-refractivity contribution in [2.45, 2.75) is 115 Å². The van der Waals surface area contributed by atoms with Crippen molar-refractivity contribution < 1.29 is 19.4 Å². The third kappa shape index (κ3) is 5.96. The van der Waals surface area contributed by atoms with E-state index in [1.54, 1.807) is 0 Å². The zero-order chi connectivity index (χ0) is 35.7. The molecule has 1 amide bonds. The van der Waals surface area contributed by atoms with Crippen molar-refractivity contribution in [1.82, 2.24) is 4.90 Å². The molecule has 1 spiro atoms. The van der Waals surface area contributed by atoms with Gasteiger partial charge in [-0.1, -0.05) is 85.3 Å². The first-order chi connectivity index (χ1) is 25.1. The van der Waals surface area contributed by atoms with E-state index in [0.717, 1.165) is 84.2 Å². The number of hydrogen-bond acceptors (Lipinski definition) is 4. The van der Waals surface area contributed by atoms with Crippen molar-refractivity contribution in [2.24, 2.45) is 28.6 Å². The van der Waals surface area contributed by atoms with E-state index in [2.05, 4.69) is 55.2 Å². The fraction of sp³-hybridized carbons (Fsp3) is 0.532. The maximum atomic E-state index is 14.7. The van der Waals surface area contributed by atoms with Crippen LogP contribution >= 0.6 is 0 Å². The second-order valence-electron chi connectivity index (χ2n) is 18.3. The lowest BCUT2D eigenvalue weighted by Crippen LogP contribution is -2.52. The number of hydrogen-bond donors (Lipinski definition) is 1. The number of fused-ring (bicyclic) bond motifs is 8. The van der Waals surface area contributed by atoms with Gasteiger partial charge in [-0.15, -0.1) is 0 Å². The lowest BCUT2D eigenvalue weighted by atomic mass is 9.49. The van der Waals surface area contributed by atoms with E-state index in [-0.39, 0.29) is 28.6 Å². The summed E-state index contributed by atoms with van der Waals surface area (Å²) in [5.41, 5.74) is 6.26. The summed E-state index contributed by atoms with van der Waals surface area (Å²) in [5.74, 6) is 2.60. The van der Waals surface area contributed by atoms with Gasteiger partial charge in [-0.2, -0.15) is 0 Å². The molecule has 4 atom stereocenters. The SMILES string of the molecule is CC1=CCC[C@@]2(C)[C@@H](CC[C@@]23CN(CC24CC5CC(CC(C5)C2)C4)C(=O)O3)c2ccc(cc2C(=O)c2ccc(-c3ccccc3)cc2)C[C@@H](O)CC1. The number of benzene rings is 3. The summed E-state index contributed by atoms with van der Waals surface area (Å²) < 4.78 is 6.75. The highest BCUT2D eigenvalue weighted by Crippen LogP contribution is 2.64. The first-order valence-electron chi connectivity index (χ1n) is 20.3. The smallest absolute Gasteiger partial charge is 0.410 e. The predicted molar refractivity (Wildman–Crippen MR) is 205 cm³/mol. The maximum absolute atomic E-state index is 14.7. The van der Waals surface area contributed by atoms with E-state index in [9.17, 15) is 14.7 Å². The number of ketones is 1. The number of carbonyl (C=O) groups is 2. The Labute approximate surface area is 309 Å². The molecule has 3 aromatic carbocycles. The molecule has 0 unspecified atom stereocenters. The lowest BCUT2D eigenvalue weighted by molar-refractivity contribution is -0.0641. The molecule has 1 N–H and O–H groups in total. The second-order valence-corrected chi connectivity index (χ2v) is 18.3. The Morgan fingerprint density at radius 1 is 0.885 bits per heavy atom. The van der Waals surface area contributed by atoms with Gasteiger partial charge in [-0.25, -0.2) is 4.79 Å². The molecule has 1 aliphatic heterocycles. The van der Waals surface area contributed by atoms with Crippen LogP contribution in [-0.2, 0) is 11.2 Å². The molecule has 8 aliphatic rings. The van der Waals surface area contributed by atoms with Gasteiger partial charge in [0.25, 0.3) is 0 Å². The number of ether oxygens (including phenoxy) is 1. The average molecular weight is 698 g/mol. The van der Waals surface area contributed by atoms with Gasteiger partial charge >= 0.3 is 6.09 Å². The van der Waals surface area contributed by atoms with Crippen LogP contribution in [-0.4, -0.2) is 46.7 Å². The summed E-state index contributed by atoms with van der Waals surface area (Å²) in [4.78, 5) is 30.8. The van der Waals surface area contributed by atoms with Gasteiger partial charge in [0.1, 0.15) is 5.60 Å². The normalized spacial score (nSPS) is 35.4. The molecule has 1 heterocycles. The number of amides is 1. The largest absolute Gasteiger partial charge is 0.440 e. The van der Waals surface area contributed by atoms with Gasteiger partial charge < -0.3 is 14.7 Å². The Balaban J connectivity index is 1.07. The minimum atomic E-state index is -0.595. The van der Waals surface area contributed by atoms with Gasteiger partial charge in [0.15, 0.2) is 5.78 Å². The molecule has 0 radical (unpaired) electrons. The van der Waals surface area contributed by atoms with Crippen LogP contribution in [0.15, 0.2) is 84.4 Å². The Morgan fingerprint density at radius 3 is 2.29 bits per heavy atom. The van der Waals surface area contributed by atoms with E-state index in [1.807, 2.05) is 42.5 Å². The molecule has 0 aromatic heterocycles. The van der Waals surface area contributed by atoms with E-state index in [1.165, 1.54) is 44.1 Å². The number of nitrogens with zero attached hydrogens (tertiary/aromatic N) is 1. The van der Waals surface area contributed by atoms with Crippen LogP contribution < -0.4 is 0 Å². The molecule has 6 bridgehead atoms. The highest BCUT2D eigenvalue weighted by Gasteiger charge is 2.65. The monoisotopic (exact) mass is 697 g/mol. The minimum Gasteiger partial charge on any atom is -0.440 e. The van der Waals surface area contributed by atoms with Crippen molar-refractivity contribution in [1.29, 1.82) is 0 Å². The molecule has 7 aliphatic carbocycles. The highest BCUT2D eigenvalue weighted by atomic mass is 16.6. The van der Waals surface area contributed by atoms with Gasteiger partial charge in [0.2, 0.25) is 0 Å². The van der Waals surface area contributed by atoms with Crippen molar-refractivity contribution in [3.63, 3.8) is 0 Å². The molecule has 6 fully saturated rings. The fourth-order valence-corrected chi connectivity index (χ4v) is 12.6. The molecule has 5 saturated carbocycles. The van der Waals surface area contributed by atoms with Crippen LogP contribution in [0.1, 0.15) is 124 Å². The van der Waals surface area contributed by atoms with Gasteiger partial charge in [0, 0.05) is 23.1 Å². The van der Waals surface area contributed by atoms with Crippen molar-refractivity contribution in [2.75, 3.05) is 13.1 Å². The molecular weight excluding hydrogens is 643 g/mol. The fourth-order valence-electron chi connectivity index (χ4n) is 12.6. The van der Waals surface area contributed by atoms with Crippen molar-refractivity contribution in [3.05, 3.63) is 107 Å². The molecular formula is C47H55NO4. The molecule has 272 valence electrons.